The highest BCUT2D eigenvalue weighted by atomic mass is 16.4. The van der Waals surface area contributed by atoms with E-state index in [0.717, 1.165) is 18.8 Å². The largest absolute Gasteiger partial charge is 0.478 e. The van der Waals surface area contributed by atoms with Gasteiger partial charge < -0.3 is 10.4 Å². The Kier molecular flexibility index (Phi) is 7.96. The van der Waals surface area contributed by atoms with Crippen molar-refractivity contribution in [2.24, 2.45) is 11.3 Å². The molecule has 0 bridgehead atoms. The van der Waals surface area contributed by atoms with Gasteiger partial charge in [-0.1, -0.05) is 45.9 Å². The minimum absolute atomic E-state index is 0.203. The molecule has 0 aliphatic heterocycles. The summed E-state index contributed by atoms with van der Waals surface area (Å²) in [5.74, 6) is 0.150. The van der Waals surface area contributed by atoms with E-state index in [1.807, 2.05) is 6.92 Å². The average molecular weight is 333 g/mol. The van der Waals surface area contributed by atoms with Crippen molar-refractivity contribution in [1.82, 2.24) is 5.32 Å². The average Bonchev–Trinajstić information content (AvgIpc) is 2.56. The number of carboxylic acid groups (broad SMARTS) is 1. The van der Waals surface area contributed by atoms with Crippen LogP contribution >= 0.6 is 0 Å². The van der Waals surface area contributed by atoms with Gasteiger partial charge in [0.15, 0.2) is 0 Å². The fourth-order valence-corrected chi connectivity index (χ4v) is 3.01. The lowest BCUT2D eigenvalue weighted by atomic mass is 9.71. The van der Waals surface area contributed by atoms with Gasteiger partial charge in [-0.2, -0.15) is 0 Å². The van der Waals surface area contributed by atoms with E-state index in [1.54, 1.807) is 30.3 Å². The van der Waals surface area contributed by atoms with Crippen molar-refractivity contribution in [2.45, 2.75) is 65.8 Å². The highest BCUT2D eigenvalue weighted by molar-refractivity contribution is 5.87. The third-order valence-electron chi connectivity index (χ3n) is 4.66. The van der Waals surface area contributed by atoms with Gasteiger partial charge in [0, 0.05) is 12.5 Å². The predicted octanol–water partition coefficient (Wildman–Crippen LogP) is 4.50. The first-order valence-electron chi connectivity index (χ1n) is 8.81. The zero-order valence-electron chi connectivity index (χ0n) is 15.3. The summed E-state index contributed by atoms with van der Waals surface area (Å²) >= 11 is 0. The lowest BCUT2D eigenvalue weighted by Gasteiger charge is -2.37. The number of carbonyl (C=O) groups is 2. The van der Waals surface area contributed by atoms with Crippen LogP contribution in [-0.4, -0.2) is 23.0 Å². The van der Waals surface area contributed by atoms with Gasteiger partial charge in [0.2, 0.25) is 5.91 Å². The number of nitrogens with one attached hydrogen (secondary N) is 1. The molecule has 1 aliphatic carbocycles. The van der Waals surface area contributed by atoms with Gasteiger partial charge in [0.25, 0.3) is 0 Å². The van der Waals surface area contributed by atoms with Gasteiger partial charge in [-0.25, -0.2) is 4.79 Å². The molecule has 0 heterocycles. The van der Waals surface area contributed by atoms with Crippen molar-refractivity contribution in [3.8, 4) is 0 Å². The fraction of sp³-hybridized carbons (Fsp3) is 0.600. The highest BCUT2D eigenvalue weighted by Crippen LogP contribution is 2.37. The summed E-state index contributed by atoms with van der Waals surface area (Å²) in [5, 5.41) is 11.5. The van der Waals surface area contributed by atoms with Crippen molar-refractivity contribution in [1.29, 1.82) is 0 Å². The van der Waals surface area contributed by atoms with E-state index >= 15 is 0 Å². The third kappa shape index (κ3) is 7.16. The van der Waals surface area contributed by atoms with E-state index in [-0.39, 0.29) is 5.91 Å². The molecule has 0 unspecified atom stereocenters. The minimum Gasteiger partial charge on any atom is -0.478 e. The van der Waals surface area contributed by atoms with Gasteiger partial charge in [-0.3, -0.25) is 4.79 Å². The van der Waals surface area contributed by atoms with Crippen LogP contribution in [0.3, 0.4) is 0 Å². The molecule has 4 nitrogen and oxygen atoms in total. The molecule has 1 aliphatic rings. The Bertz CT molecular complexity index is 511. The summed E-state index contributed by atoms with van der Waals surface area (Å²) in [5.41, 5.74) is 0.761. The summed E-state index contributed by atoms with van der Waals surface area (Å²) in [6, 6.07) is 8.74. The van der Waals surface area contributed by atoms with Crippen LogP contribution in [0.5, 0.6) is 0 Å². The van der Waals surface area contributed by atoms with Crippen molar-refractivity contribution < 1.29 is 14.7 Å². The van der Waals surface area contributed by atoms with Gasteiger partial charge in [0.1, 0.15) is 0 Å². The van der Waals surface area contributed by atoms with E-state index in [1.165, 1.54) is 12.8 Å². The Balaban J connectivity index is 0.000000272. The second-order valence-electron chi connectivity index (χ2n) is 7.51. The summed E-state index contributed by atoms with van der Waals surface area (Å²) < 4.78 is 0. The van der Waals surface area contributed by atoms with Crippen LogP contribution in [0.15, 0.2) is 30.3 Å². The van der Waals surface area contributed by atoms with Crippen LogP contribution in [0.25, 0.3) is 0 Å². The van der Waals surface area contributed by atoms with Gasteiger partial charge in [0.05, 0.1) is 5.56 Å². The van der Waals surface area contributed by atoms with E-state index < -0.39 is 5.97 Å². The smallest absolute Gasteiger partial charge is 0.335 e. The summed E-state index contributed by atoms with van der Waals surface area (Å²) in [4.78, 5) is 21.4. The lowest BCUT2D eigenvalue weighted by molar-refractivity contribution is -0.121. The molecule has 0 aromatic heterocycles. The molecule has 1 amide bonds. The molecule has 1 aromatic carbocycles. The molecule has 2 rings (SSSR count). The van der Waals surface area contributed by atoms with Crippen molar-refractivity contribution in [2.75, 3.05) is 0 Å². The lowest BCUT2D eigenvalue weighted by Crippen LogP contribution is -2.39. The SMILES string of the molecule is CCC(=O)NC1CCC(C(C)(C)C)CC1.O=C(O)c1ccccc1. The number of amides is 1. The van der Waals surface area contributed by atoms with E-state index in [9.17, 15) is 9.59 Å². The summed E-state index contributed by atoms with van der Waals surface area (Å²) in [6.45, 7) is 8.88. The second-order valence-corrected chi connectivity index (χ2v) is 7.51. The molecule has 0 saturated heterocycles. The molecule has 0 radical (unpaired) electrons. The molecule has 134 valence electrons. The molecular formula is C20H31NO3. The maximum Gasteiger partial charge on any atom is 0.335 e. The number of rotatable bonds is 3. The van der Waals surface area contributed by atoms with Gasteiger partial charge in [-0.05, 0) is 49.1 Å². The normalized spacial score (nSPS) is 20.5. The highest BCUT2D eigenvalue weighted by Gasteiger charge is 2.29. The maximum absolute atomic E-state index is 11.2. The number of hydrogen-bond donors (Lipinski definition) is 2. The van der Waals surface area contributed by atoms with Crippen LogP contribution in [0.1, 0.15) is 70.2 Å². The monoisotopic (exact) mass is 333 g/mol. The molecule has 0 atom stereocenters. The molecule has 1 fully saturated rings. The zero-order chi connectivity index (χ0) is 18.2. The number of carboxylic acids is 1. The summed E-state index contributed by atoms with van der Waals surface area (Å²) in [7, 11) is 0. The molecule has 4 heteroatoms. The number of carbonyl (C=O) groups excluding carboxylic acids is 1. The Morgan fingerprint density at radius 3 is 2.00 bits per heavy atom. The number of hydrogen-bond acceptors (Lipinski definition) is 2. The topological polar surface area (TPSA) is 66.4 Å². The van der Waals surface area contributed by atoms with Crippen LogP contribution in [0, 0.1) is 11.3 Å². The van der Waals surface area contributed by atoms with Crippen LogP contribution in [-0.2, 0) is 4.79 Å². The Hall–Kier alpha value is -1.84. The van der Waals surface area contributed by atoms with E-state index in [4.69, 9.17) is 5.11 Å². The Morgan fingerprint density at radius 1 is 1.08 bits per heavy atom. The molecule has 24 heavy (non-hydrogen) atoms. The molecule has 1 saturated carbocycles. The maximum atomic E-state index is 11.2. The third-order valence-corrected chi connectivity index (χ3v) is 4.66. The zero-order valence-corrected chi connectivity index (χ0v) is 15.3. The number of aromatic carboxylic acids is 1. The standard InChI is InChI=1S/C13H25NO.C7H6O2/c1-5-12(15)14-11-8-6-10(7-9-11)13(2,3)4;8-7(9)6-4-2-1-3-5-6/h10-11H,5-9H2,1-4H3,(H,14,15);1-5H,(H,8,9). The van der Waals surface area contributed by atoms with Crippen LogP contribution in [0.2, 0.25) is 0 Å². The Morgan fingerprint density at radius 2 is 1.62 bits per heavy atom. The van der Waals surface area contributed by atoms with Gasteiger partial charge in [-0.15, -0.1) is 0 Å². The Labute approximate surface area is 145 Å². The molecule has 1 aromatic rings. The van der Waals surface area contributed by atoms with Crippen molar-refractivity contribution in [3.05, 3.63) is 35.9 Å². The second kappa shape index (κ2) is 9.45. The predicted molar refractivity (Wildman–Crippen MR) is 97.0 cm³/mol. The minimum atomic E-state index is -0.879. The first kappa shape index (κ1) is 20.2. The first-order valence-corrected chi connectivity index (χ1v) is 8.81. The van der Waals surface area contributed by atoms with E-state index in [0.29, 0.717) is 23.4 Å². The first-order chi connectivity index (χ1) is 11.2. The summed E-state index contributed by atoms with van der Waals surface area (Å²) in [6.07, 6.45) is 5.46. The van der Waals surface area contributed by atoms with Crippen LogP contribution in [0.4, 0.5) is 0 Å². The van der Waals surface area contributed by atoms with Gasteiger partial charge >= 0.3 is 5.97 Å². The molecule has 2 N–H and O–H groups in total. The van der Waals surface area contributed by atoms with Crippen molar-refractivity contribution >= 4 is 11.9 Å². The quantitative estimate of drug-likeness (QED) is 0.855. The van der Waals surface area contributed by atoms with Crippen LogP contribution < -0.4 is 5.32 Å². The fourth-order valence-electron chi connectivity index (χ4n) is 3.01. The van der Waals surface area contributed by atoms with E-state index in [2.05, 4.69) is 26.1 Å². The molecular weight excluding hydrogens is 302 g/mol. The molecule has 0 spiro atoms. The number of benzene rings is 1. The van der Waals surface area contributed by atoms with Crippen molar-refractivity contribution in [3.63, 3.8) is 0 Å².